The zero-order valence-corrected chi connectivity index (χ0v) is 10.8. The van der Waals surface area contributed by atoms with E-state index in [4.69, 9.17) is 10.5 Å². The third-order valence-electron chi connectivity index (χ3n) is 3.00. The van der Waals surface area contributed by atoms with Gasteiger partial charge < -0.3 is 15.0 Å². The molecule has 6 heteroatoms. The largest absolute Gasteiger partial charge is 0.492 e. The fraction of sp³-hybridized carbons (Fsp3) is 0.143. The summed E-state index contributed by atoms with van der Waals surface area (Å²) >= 11 is 0. The predicted octanol–water partition coefficient (Wildman–Crippen LogP) is 1.16. The van der Waals surface area contributed by atoms with Crippen LogP contribution < -0.4 is 16.0 Å². The highest BCUT2D eigenvalue weighted by atomic mass is 16.5. The zero-order valence-electron chi connectivity index (χ0n) is 10.8. The van der Waals surface area contributed by atoms with Gasteiger partial charge in [0.1, 0.15) is 17.9 Å². The van der Waals surface area contributed by atoms with Gasteiger partial charge in [0, 0.05) is 24.1 Å². The van der Waals surface area contributed by atoms with Gasteiger partial charge in [0.25, 0.3) is 5.56 Å². The van der Waals surface area contributed by atoms with E-state index < -0.39 is 0 Å². The summed E-state index contributed by atoms with van der Waals surface area (Å²) in [6.07, 6.45) is 5.05. The molecule has 3 rings (SSSR count). The van der Waals surface area contributed by atoms with E-state index in [1.807, 2.05) is 12.1 Å². The van der Waals surface area contributed by atoms with Crippen molar-refractivity contribution >= 4 is 11.2 Å². The second-order valence-corrected chi connectivity index (χ2v) is 4.38. The Balaban J connectivity index is 1.71. The molecule has 20 heavy (non-hydrogen) atoms. The van der Waals surface area contributed by atoms with E-state index in [9.17, 15) is 4.79 Å². The normalized spacial score (nSPS) is 10.8. The van der Waals surface area contributed by atoms with Crippen molar-refractivity contribution < 1.29 is 4.74 Å². The van der Waals surface area contributed by atoms with Crippen LogP contribution in [0.4, 0.5) is 5.69 Å². The minimum absolute atomic E-state index is 0.0822. The molecule has 0 bridgehead atoms. The first-order valence-corrected chi connectivity index (χ1v) is 6.25. The van der Waals surface area contributed by atoms with Crippen LogP contribution in [0, 0.1) is 0 Å². The molecule has 0 unspecified atom stereocenters. The smallest absolute Gasteiger partial charge is 0.276 e. The molecular weight excluding hydrogens is 256 g/mol. The van der Waals surface area contributed by atoms with Crippen molar-refractivity contribution in [3.05, 3.63) is 59.3 Å². The number of aromatic nitrogens is 3. The molecule has 0 saturated carbocycles. The van der Waals surface area contributed by atoms with Crippen LogP contribution in [0.2, 0.25) is 0 Å². The molecule has 0 fully saturated rings. The number of nitrogen functional groups attached to an aromatic ring is 1. The molecule has 0 aliphatic heterocycles. The lowest BCUT2D eigenvalue weighted by Crippen LogP contribution is -2.24. The van der Waals surface area contributed by atoms with Crippen LogP contribution in [0.3, 0.4) is 0 Å². The molecular formula is C14H14N4O2. The minimum Gasteiger partial charge on any atom is -0.492 e. The Labute approximate surface area is 115 Å². The van der Waals surface area contributed by atoms with Crippen LogP contribution in [-0.2, 0) is 6.54 Å². The van der Waals surface area contributed by atoms with Gasteiger partial charge in [-0.3, -0.25) is 4.79 Å². The fourth-order valence-electron chi connectivity index (χ4n) is 2.00. The number of hydrogen-bond acceptors (Lipinski definition) is 4. The molecule has 0 amide bonds. The first kappa shape index (κ1) is 12.3. The van der Waals surface area contributed by atoms with Crippen molar-refractivity contribution in [2.75, 3.05) is 12.3 Å². The van der Waals surface area contributed by atoms with Gasteiger partial charge in [-0.25, -0.2) is 4.52 Å². The Morgan fingerprint density at radius 2 is 2.15 bits per heavy atom. The maximum atomic E-state index is 12.1. The summed E-state index contributed by atoms with van der Waals surface area (Å²) in [6, 6.07) is 8.90. The lowest BCUT2D eigenvalue weighted by atomic mass is 10.3. The van der Waals surface area contributed by atoms with E-state index in [1.54, 1.807) is 45.9 Å². The Hall–Kier alpha value is -2.76. The number of hydrogen-bond donors (Lipinski definition) is 1. The molecule has 0 atom stereocenters. The number of nitrogens with two attached hydrogens (primary N) is 1. The molecule has 1 aromatic carbocycles. The Morgan fingerprint density at radius 1 is 1.25 bits per heavy atom. The highest BCUT2D eigenvalue weighted by molar-refractivity contribution is 5.43. The van der Waals surface area contributed by atoms with E-state index in [2.05, 4.69) is 5.10 Å². The van der Waals surface area contributed by atoms with Crippen molar-refractivity contribution in [3.63, 3.8) is 0 Å². The summed E-state index contributed by atoms with van der Waals surface area (Å²) in [5, 5.41) is 4.02. The van der Waals surface area contributed by atoms with E-state index >= 15 is 0 Å². The van der Waals surface area contributed by atoms with Gasteiger partial charge in [0.2, 0.25) is 0 Å². The standard InChI is InChI=1S/C14H14N4O2/c15-11-2-1-3-12(10-11)20-9-8-17-6-7-18-13(14(17)19)4-5-16-18/h1-7,10H,8-9,15H2. The predicted molar refractivity (Wildman–Crippen MR) is 75.8 cm³/mol. The molecule has 0 aliphatic rings. The summed E-state index contributed by atoms with van der Waals surface area (Å²) in [4.78, 5) is 12.1. The molecule has 6 nitrogen and oxygen atoms in total. The Morgan fingerprint density at radius 3 is 3.00 bits per heavy atom. The highest BCUT2D eigenvalue weighted by Crippen LogP contribution is 2.14. The SMILES string of the molecule is Nc1cccc(OCCn2ccn3nccc3c2=O)c1. The van der Waals surface area contributed by atoms with Gasteiger partial charge in [-0.05, 0) is 18.2 Å². The molecule has 0 aliphatic carbocycles. The van der Waals surface area contributed by atoms with Gasteiger partial charge in [-0.2, -0.15) is 5.10 Å². The molecule has 0 spiro atoms. The van der Waals surface area contributed by atoms with Crippen LogP contribution in [0.15, 0.2) is 53.7 Å². The van der Waals surface area contributed by atoms with Crippen molar-refractivity contribution in [1.29, 1.82) is 0 Å². The molecule has 102 valence electrons. The first-order chi connectivity index (χ1) is 9.74. The highest BCUT2D eigenvalue weighted by Gasteiger charge is 2.03. The Bertz CT molecular complexity index is 791. The van der Waals surface area contributed by atoms with Gasteiger partial charge in [-0.1, -0.05) is 6.07 Å². The summed E-state index contributed by atoms with van der Waals surface area (Å²) in [5.41, 5.74) is 6.79. The van der Waals surface area contributed by atoms with Crippen LogP contribution in [0.25, 0.3) is 5.52 Å². The fourth-order valence-corrected chi connectivity index (χ4v) is 2.00. The molecule has 0 radical (unpaired) electrons. The molecule has 0 saturated heterocycles. The topological polar surface area (TPSA) is 74.6 Å². The van der Waals surface area contributed by atoms with E-state index in [0.717, 1.165) is 0 Å². The number of benzene rings is 1. The van der Waals surface area contributed by atoms with Crippen molar-refractivity contribution in [1.82, 2.24) is 14.2 Å². The molecule has 2 heterocycles. The summed E-state index contributed by atoms with van der Waals surface area (Å²) < 4.78 is 8.73. The third kappa shape index (κ3) is 2.35. The van der Waals surface area contributed by atoms with Crippen molar-refractivity contribution in [2.24, 2.45) is 0 Å². The van der Waals surface area contributed by atoms with Gasteiger partial charge in [0.05, 0.1) is 12.7 Å². The molecule has 3 aromatic rings. The number of anilines is 1. The van der Waals surface area contributed by atoms with E-state index in [0.29, 0.717) is 30.1 Å². The molecule has 2 N–H and O–H groups in total. The van der Waals surface area contributed by atoms with E-state index in [-0.39, 0.29) is 5.56 Å². The second-order valence-electron chi connectivity index (χ2n) is 4.38. The van der Waals surface area contributed by atoms with Crippen molar-refractivity contribution in [3.8, 4) is 5.75 Å². The maximum absolute atomic E-state index is 12.1. The summed E-state index contributed by atoms with van der Waals surface area (Å²) in [5.74, 6) is 0.698. The molecule has 2 aromatic heterocycles. The zero-order chi connectivity index (χ0) is 13.9. The average Bonchev–Trinajstić information content (AvgIpc) is 2.91. The van der Waals surface area contributed by atoms with Crippen LogP contribution in [-0.4, -0.2) is 20.8 Å². The average molecular weight is 270 g/mol. The number of ether oxygens (including phenoxy) is 1. The number of fused-ring (bicyclic) bond motifs is 1. The second kappa shape index (κ2) is 5.08. The van der Waals surface area contributed by atoms with Gasteiger partial charge >= 0.3 is 0 Å². The van der Waals surface area contributed by atoms with Gasteiger partial charge in [0.15, 0.2) is 0 Å². The number of rotatable bonds is 4. The number of nitrogens with zero attached hydrogens (tertiary/aromatic N) is 3. The Kier molecular flexibility index (Phi) is 3.12. The monoisotopic (exact) mass is 270 g/mol. The minimum atomic E-state index is -0.0822. The van der Waals surface area contributed by atoms with Crippen molar-refractivity contribution in [2.45, 2.75) is 6.54 Å². The van der Waals surface area contributed by atoms with Crippen LogP contribution in [0.5, 0.6) is 5.75 Å². The summed E-state index contributed by atoms with van der Waals surface area (Å²) in [7, 11) is 0. The van der Waals surface area contributed by atoms with E-state index in [1.165, 1.54) is 0 Å². The third-order valence-corrected chi connectivity index (χ3v) is 3.00. The quantitative estimate of drug-likeness (QED) is 0.722. The lowest BCUT2D eigenvalue weighted by Gasteiger charge is -2.08. The maximum Gasteiger partial charge on any atom is 0.276 e. The first-order valence-electron chi connectivity index (χ1n) is 6.25. The summed E-state index contributed by atoms with van der Waals surface area (Å²) in [6.45, 7) is 0.864. The van der Waals surface area contributed by atoms with Crippen LogP contribution in [0.1, 0.15) is 0 Å². The van der Waals surface area contributed by atoms with Gasteiger partial charge in [-0.15, -0.1) is 0 Å². The lowest BCUT2D eigenvalue weighted by molar-refractivity contribution is 0.296. The van der Waals surface area contributed by atoms with Crippen LogP contribution >= 0.6 is 0 Å².